The van der Waals surface area contributed by atoms with Gasteiger partial charge in [0.1, 0.15) is 25.4 Å². The van der Waals surface area contributed by atoms with Crippen molar-refractivity contribution < 1.29 is 38.1 Å². The summed E-state index contributed by atoms with van der Waals surface area (Å²) in [6.07, 6.45) is 1.61. The summed E-state index contributed by atoms with van der Waals surface area (Å²) in [7, 11) is 0. The van der Waals surface area contributed by atoms with Gasteiger partial charge in [-0.25, -0.2) is 9.59 Å². The van der Waals surface area contributed by atoms with E-state index in [0.29, 0.717) is 25.9 Å². The molecule has 0 spiro atoms. The van der Waals surface area contributed by atoms with Crippen LogP contribution in [0.1, 0.15) is 87.0 Å². The highest BCUT2D eigenvalue weighted by molar-refractivity contribution is 5.70. The molecule has 4 unspecified atom stereocenters. The molecule has 0 aromatic carbocycles. The van der Waals surface area contributed by atoms with E-state index in [0.717, 1.165) is 19.3 Å². The second-order valence-corrected chi connectivity index (χ2v) is 11.1. The predicted octanol–water partition coefficient (Wildman–Crippen LogP) is 4.34. The third-order valence-corrected chi connectivity index (χ3v) is 5.99. The Morgan fingerprint density at radius 1 is 0.861 bits per heavy atom. The zero-order chi connectivity index (χ0) is 27.4. The molecule has 0 aliphatic heterocycles. The van der Waals surface area contributed by atoms with E-state index in [9.17, 15) is 19.2 Å². The van der Waals surface area contributed by atoms with Crippen molar-refractivity contribution in [2.75, 3.05) is 26.3 Å². The number of nitrogens with one attached hydrogen (secondary N) is 2. The largest absolute Gasteiger partial charge is 0.462 e. The van der Waals surface area contributed by atoms with E-state index in [4.69, 9.17) is 18.9 Å². The number of alkyl carbamates (subject to hydrolysis) is 2. The van der Waals surface area contributed by atoms with Gasteiger partial charge in [-0.2, -0.15) is 0 Å². The number of esters is 2. The minimum Gasteiger partial charge on any atom is -0.462 e. The van der Waals surface area contributed by atoms with Crippen LogP contribution in [0.15, 0.2) is 0 Å². The summed E-state index contributed by atoms with van der Waals surface area (Å²) in [6, 6.07) is 0. The van der Waals surface area contributed by atoms with Crippen LogP contribution in [0.25, 0.3) is 0 Å². The van der Waals surface area contributed by atoms with Gasteiger partial charge in [0, 0.05) is 25.9 Å². The maximum Gasteiger partial charge on any atom is 0.407 e. The summed E-state index contributed by atoms with van der Waals surface area (Å²) >= 11 is 0. The van der Waals surface area contributed by atoms with Crippen molar-refractivity contribution in [3.8, 4) is 0 Å². The first-order valence-electron chi connectivity index (χ1n) is 13.0. The van der Waals surface area contributed by atoms with Crippen molar-refractivity contribution in [1.29, 1.82) is 0 Å². The van der Waals surface area contributed by atoms with Crippen molar-refractivity contribution in [3.63, 3.8) is 0 Å². The maximum absolute atomic E-state index is 12.5. The highest BCUT2D eigenvalue weighted by Crippen LogP contribution is 2.49. The minimum atomic E-state index is -0.560. The van der Waals surface area contributed by atoms with Crippen molar-refractivity contribution in [2.24, 2.45) is 16.7 Å². The molecule has 1 aliphatic rings. The lowest BCUT2D eigenvalue weighted by Crippen LogP contribution is -2.44. The molecule has 0 saturated heterocycles. The van der Waals surface area contributed by atoms with Crippen LogP contribution >= 0.6 is 0 Å². The summed E-state index contributed by atoms with van der Waals surface area (Å²) in [4.78, 5) is 47.8. The van der Waals surface area contributed by atoms with Gasteiger partial charge >= 0.3 is 24.1 Å². The van der Waals surface area contributed by atoms with E-state index in [1.165, 1.54) is 0 Å². The molecule has 1 fully saturated rings. The van der Waals surface area contributed by atoms with Gasteiger partial charge in [0.05, 0.1) is 0 Å². The first kappa shape index (κ1) is 31.5. The maximum atomic E-state index is 12.5. The third kappa shape index (κ3) is 13.0. The molecular formula is C26H46N2O8. The van der Waals surface area contributed by atoms with E-state index in [1.807, 2.05) is 6.92 Å². The molecule has 4 atom stereocenters. The number of amides is 2. The lowest BCUT2D eigenvalue weighted by Gasteiger charge is -2.46. The van der Waals surface area contributed by atoms with E-state index in [1.54, 1.807) is 20.8 Å². The molecule has 208 valence electrons. The van der Waals surface area contributed by atoms with Gasteiger partial charge in [-0.15, -0.1) is 0 Å². The number of ether oxygens (including phenoxy) is 4. The first-order valence-corrected chi connectivity index (χ1v) is 13.0. The lowest BCUT2D eigenvalue weighted by molar-refractivity contribution is -0.152. The van der Waals surface area contributed by atoms with Crippen molar-refractivity contribution in [1.82, 2.24) is 10.6 Å². The second-order valence-electron chi connectivity index (χ2n) is 11.1. The first-order chi connectivity index (χ1) is 16.8. The summed E-state index contributed by atoms with van der Waals surface area (Å²) in [5.74, 6) is -0.540. The van der Waals surface area contributed by atoms with Gasteiger partial charge in [0.15, 0.2) is 0 Å². The smallest absolute Gasteiger partial charge is 0.407 e. The quantitative estimate of drug-likeness (QED) is 0.274. The fourth-order valence-corrected chi connectivity index (χ4v) is 5.09. The molecule has 0 radical (unpaired) electrons. The van der Waals surface area contributed by atoms with Crippen LogP contribution < -0.4 is 10.6 Å². The van der Waals surface area contributed by atoms with Crippen molar-refractivity contribution in [3.05, 3.63) is 0 Å². The summed E-state index contributed by atoms with van der Waals surface area (Å²) in [6.45, 7) is 14.3. The predicted molar refractivity (Wildman–Crippen MR) is 134 cm³/mol. The Kier molecular flexibility index (Phi) is 13.0. The molecule has 0 aromatic heterocycles. The van der Waals surface area contributed by atoms with Crippen LogP contribution in [-0.2, 0) is 28.5 Å². The van der Waals surface area contributed by atoms with E-state index >= 15 is 0 Å². The molecule has 0 heterocycles. The second kappa shape index (κ2) is 14.9. The van der Waals surface area contributed by atoms with E-state index in [-0.39, 0.29) is 48.3 Å². The molecule has 1 aliphatic carbocycles. The average molecular weight is 515 g/mol. The molecule has 10 nitrogen and oxygen atoms in total. The van der Waals surface area contributed by atoms with Gasteiger partial charge < -0.3 is 29.6 Å². The van der Waals surface area contributed by atoms with Crippen LogP contribution in [0.3, 0.4) is 0 Å². The Morgan fingerprint density at radius 2 is 1.50 bits per heavy atom. The zero-order valence-corrected chi connectivity index (χ0v) is 23.1. The Balaban J connectivity index is 2.53. The van der Waals surface area contributed by atoms with Gasteiger partial charge in [-0.05, 0) is 63.2 Å². The molecule has 0 aromatic rings. The van der Waals surface area contributed by atoms with Crippen molar-refractivity contribution in [2.45, 2.75) is 99.2 Å². The summed E-state index contributed by atoms with van der Waals surface area (Å²) in [5, 5.41) is 5.37. The molecule has 1 rings (SSSR count). The van der Waals surface area contributed by atoms with Crippen LogP contribution in [0.5, 0.6) is 0 Å². The highest BCUT2D eigenvalue weighted by atomic mass is 16.6. The van der Waals surface area contributed by atoms with E-state index < -0.39 is 24.4 Å². The normalized spacial score (nSPS) is 22.5. The molecule has 1 saturated carbocycles. The SMILES string of the molecule is CCCC(=O)OCC(C)OC(=O)NCC1(C)CC(CC(=O)OC(C)COC(=O)NCC)CC(C)(C)C1. The Bertz CT molecular complexity index is 741. The fraction of sp³-hybridized carbons (Fsp3) is 0.846. The van der Waals surface area contributed by atoms with Crippen LogP contribution in [-0.4, -0.2) is 62.6 Å². The van der Waals surface area contributed by atoms with Gasteiger partial charge in [-0.3, -0.25) is 9.59 Å². The Hall–Kier alpha value is -2.52. The average Bonchev–Trinajstić information content (AvgIpc) is 2.74. The number of rotatable bonds is 13. The van der Waals surface area contributed by atoms with E-state index in [2.05, 4.69) is 31.4 Å². The van der Waals surface area contributed by atoms with Crippen LogP contribution in [0.2, 0.25) is 0 Å². The van der Waals surface area contributed by atoms with Gasteiger partial charge in [0.2, 0.25) is 0 Å². The molecule has 2 amide bonds. The summed E-state index contributed by atoms with van der Waals surface area (Å²) in [5.41, 5.74) is -0.243. The third-order valence-electron chi connectivity index (χ3n) is 5.99. The molecule has 0 bridgehead atoms. The molecular weight excluding hydrogens is 468 g/mol. The molecule has 36 heavy (non-hydrogen) atoms. The lowest BCUT2D eigenvalue weighted by atomic mass is 9.60. The van der Waals surface area contributed by atoms with Gasteiger partial charge in [0.25, 0.3) is 0 Å². The molecule has 2 N–H and O–H groups in total. The van der Waals surface area contributed by atoms with Crippen LogP contribution in [0, 0.1) is 16.7 Å². The number of hydrogen-bond acceptors (Lipinski definition) is 8. The Labute approximate surface area is 215 Å². The zero-order valence-electron chi connectivity index (χ0n) is 23.1. The monoisotopic (exact) mass is 514 g/mol. The van der Waals surface area contributed by atoms with Gasteiger partial charge in [-0.1, -0.05) is 27.7 Å². The standard InChI is InChI=1S/C26H46N2O8/c1-8-10-21(29)33-14-19(4)36-24(32)28-17-26(7)13-20(12-25(5,6)16-26)11-22(30)35-18(3)15-34-23(31)27-9-2/h18-20H,8-17H2,1-7H3,(H,27,31)(H,28,32). The molecule has 10 heteroatoms. The number of carbonyl (C=O) groups is 4. The van der Waals surface area contributed by atoms with Crippen molar-refractivity contribution >= 4 is 24.1 Å². The number of carbonyl (C=O) groups excluding carboxylic acids is 4. The summed E-state index contributed by atoms with van der Waals surface area (Å²) < 4.78 is 20.9. The Morgan fingerprint density at radius 3 is 2.14 bits per heavy atom. The van der Waals surface area contributed by atoms with Crippen LogP contribution in [0.4, 0.5) is 9.59 Å². The minimum absolute atomic E-state index is 0.00624. The fourth-order valence-electron chi connectivity index (χ4n) is 5.09. The topological polar surface area (TPSA) is 129 Å². The highest BCUT2D eigenvalue weighted by Gasteiger charge is 2.42. The number of hydrogen-bond donors (Lipinski definition) is 2.